The van der Waals surface area contributed by atoms with Crippen LogP contribution in [0.25, 0.3) is 0 Å². The number of anilines is 1. The molecule has 2 rings (SSSR count). The average molecular weight is 233 g/mol. The molecular weight excluding hydrogens is 225 g/mol. The van der Waals surface area contributed by atoms with Gasteiger partial charge in [0.05, 0.1) is 6.07 Å². The lowest BCUT2D eigenvalue weighted by molar-refractivity contribution is -0.115. The van der Waals surface area contributed by atoms with Crippen LogP contribution in [-0.2, 0) is 11.3 Å². The predicted molar refractivity (Wildman–Crippen MR) is 56.4 cm³/mol. The van der Waals surface area contributed by atoms with Crippen molar-refractivity contribution < 1.29 is 14.0 Å². The fourth-order valence-electron chi connectivity index (χ4n) is 1.67. The Labute approximate surface area is 96.2 Å². The molecule has 1 aliphatic heterocycles. The van der Waals surface area contributed by atoms with E-state index in [0.717, 1.165) is 12.1 Å². The van der Waals surface area contributed by atoms with E-state index in [-0.39, 0.29) is 30.1 Å². The summed E-state index contributed by atoms with van der Waals surface area (Å²) in [7, 11) is 0. The van der Waals surface area contributed by atoms with E-state index in [1.165, 1.54) is 0 Å². The van der Waals surface area contributed by atoms with Crippen LogP contribution in [0.1, 0.15) is 22.3 Å². The zero-order chi connectivity index (χ0) is 12.4. The van der Waals surface area contributed by atoms with Gasteiger partial charge >= 0.3 is 0 Å². The fraction of sp³-hybridized carbons (Fsp3) is 0.182. The van der Waals surface area contributed by atoms with Crippen LogP contribution < -0.4 is 10.6 Å². The van der Waals surface area contributed by atoms with Crippen LogP contribution in [0.5, 0.6) is 0 Å². The number of halogens is 1. The number of rotatable bonds is 2. The molecule has 0 fully saturated rings. The molecule has 0 saturated heterocycles. The van der Waals surface area contributed by atoms with E-state index in [1.807, 2.05) is 0 Å². The highest BCUT2D eigenvalue weighted by molar-refractivity contribution is 6.02. The van der Waals surface area contributed by atoms with Crippen molar-refractivity contribution in [3.63, 3.8) is 0 Å². The molecule has 17 heavy (non-hydrogen) atoms. The molecule has 1 aromatic rings. The molecule has 1 heterocycles. The molecule has 1 aromatic carbocycles. The summed E-state index contributed by atoms with van der Waals surface area (Å²) in [6.45, 7) is 0.247. The number of carbonyl (C=O) groups is 2. The summed E-state index contributed by atoms with van der Waals surface area (Å²) in [4.78, 5) is 22.6. The first-order valence-electron chi connectivity index (χ1n) is 4.89. The molecular formula is C11H8FN3O2. The molecule has 0 bridgehead atoms. The second-order valence-corrected chi connectivity index (χ2v) is 3.55. The molecule has 2 amide bonds. The maximum absolute atomic E-state index is 13.2. The summed E-state index contributed by atoms with van der Waals surface area (Å²) in [5.41, 5.74) is 0.999. The highest BCUT2D eigenvalue weighted by Crippen LogP contribution is 2.26. The number of nitrogens with zero attached hydrogens (tertiary/aromatic N) is 1. The topological polar surface area (TPSA) is 82.0 Å². The van der Waals surface area contributed by atoms with E-state index in [1.54, 1.807) is 6.07 Å². The van der Waals surface area contributed by atoms with E-state index in [4.69, 9.17) is 5.26 Å². The van der Waals surface area contributed by atoms with Gasteiger partial charge in [-0.2, -0.15) is 5.26 Å². The van der Waals surface area contributed by atoms with Gasteiger partial charge in [0, 0.05) is 23.4 Å². The van der Waals surface area contributed by atoms with Gasteiger partial charge in [-0.25, -0.2) is 4.39 Å². The Morgan fingerprint density at radius 2 is 2.35 bits per heavy atom. The Hall–Kier alpha value is -2.42. The second kappa shape index (κ2) is 4.22. The summed E-state index contributed by atoms with van der Waals surface area (Å²) >= 11 is 0. The predicted octanol–water partition coefficient (Wildman–Crippen LogP) is 0.921. The van der Waals surface area contributed by atoms with Crippen LogP contribution in [0.15, 0.2) is 12.1 Å². The highest BCUT2D eigenvalue weighted by Gasteiger charge is 2.23. The molecule has 2 N–H and O–H groups in total. The van der Waals surface area contributed by atoms with Crippen molar-refractivity contribution >= 4 is 17.5 Å². The number of hydrogen-bond acceptors (Lipinski definition) is 3. The van der Waals surface area contributed by atoms with Gasteiger partial charge < -0.3 is 10.6 Å². The minimum absolute atomic E-state index is 0.220. The lowest BCUT2D eigenvalue weighted by Crippen LogP contribution is -2.12. The largest absolute Gasteiger partial charge is 0.348 e. The Bertz CT molecular complexity index is 548. The van der Waals surface area contributed by atoms with Gasteiger partial charge in [-0.1, -0.05) is 0 Å². The van der Waals surface area contributed by atoms with E-state index in [9.17, 15) is 14.0 Å². The third kappa shape index (κ3) is 2.08. The van der Waals surface area contributed by atoms with Crippen molar-refractivity contribution in [2.75, 3.05) is 5.32 Å². The first-order chi connectivity index (χ1) is 8.11. The molecule has 1 aliphatic rings. The summed E-state index contributed by atoms with van der Waals surface area (Å²) < 4.78 is 13.2. The molecule has 0 unspecified atom stereocenters. The molecule has 0 spiro atoms. The smallest absolute Gasteiger partial charge is 0.252 e. The van der Waals surface area contributed by atoms with Crippen LogP contribution in [0.2, 0.25) is 0 Å². The van der Waals surface area contributed by atoms with Crippen molar-refractivity contribution in [3.8, 4) is 6.07 Å². The SMILES string of the molecule is N#CCC(=O)Nc1cc(F)cc2c1CNC2=O. The van der Waals surface area contributed by atoms with E-state index in [0.29, 0.717) is 5.56 Å². The minimum atomic E-state index is -0.604. The van der Waals surface area contributed by atoms with Crippen molar-refractivity contribution in [1.82, 2.24) is 5.32 Å². The van der Waals surface area contributed by atoms with Gasteiger partial charge in [0.1, 0.15) is 12.2 Å². The van der Waals surface area contributed by atoms with Gasteiger partial charge in [-0.15, -0.1) is 0 Å². The number of nitrogens with one attached hydrogen (secondary N) is 2. The fourth-order valence-corrected chi connectivity index (χ4v) is 1.67. The number of amides is 2. The molecule has 5 nitrogen and oxygen atoms in total. The van der Waals surface area contributed by atoms with Crippen LogP contribution in [0, 0.1) is 17.1 Å². The number of hydrogen-bond donors (Lipinski definition) is 2. The second-order valence-electron chi connectivity index (χ2n) is 3.55. The number of fused-ring (bicyclic) bond motifs is 1. The molecule has 0 aromatic heterocycles. The van der Waals surface area contributed by atoms with Crippen LogP contribution in [-0.4, -0.2) is 11.8 Å². The molecule has 86 valence electrons. The van der Waals surface area contributed by atoms with Crippen LogP contribution in [0.3, 0.4) is 0 Å². The van der Waals surface area contributed by atoms with Crippen molar-refractivity contribution in [2.24, 2.45) is 0 Å². The summed E-state index contributed by atoms with van der Waals surface area (Å²) in [6, 6.07) is 3.95. The van der Waals surface area contributed by atoms with E-state index < -0.39 is 11.7 Å². The van der Waals surface area contributed by atoms with Crippen molar-refractivity contribution in [2.45, 2.75) is 13.0 Å². The first-order valence-corrected chi connectivity index (χ1v) is 4.89. The molecule has 0 saturated carbocycles. The van der Waals surface area contributed by atoms with Crippen LogP contribution >= 0.6 is 0 Å². The normalized spacial score (nSPS) is 12.6. The summed E-state index contributed by atoms with van der Waals surface area (Å²) in [5, 5.41) is 13.3. The Kier molecular flexibility index (Phi) is 2.75. The Balaban J connectivity index is 2.36. The van der Waals surface area contributed by atoms with Crippen LogP contribution in [0.4, 0.5) is 10.1 Å². The quantitative estimate of drug-likeness (QED) is 0.796. The maximum Gasteiger partial charge on any atom is 0.252 e. The van der Waals surface area contributed by atoms with E-state index in [2.05, 4.69) is 10.6 Å². The summed E-state index contributed by atoms with van der Waals surface area (Å²) in [5.74, 6) is -1.50. The number of benzene rings is 1. The number of carbonyl (C=O) groups excluding carboxylic acids is 2. The summed E-state index contributed by atoms with van der Waals surface area (Å²) in [6.07, 6.45) is -0.313. The zero-order valence-corrected chi connectivity index (χ0v) is 8.71. The third-order valence-electron chi connectivity index (χ3n) is 2.40. The first kappa shape index (κ1) is 11.1. The Morgan fingerprint density at radius 1 is 1.59 bits per heavy atom. The van der Waals surface area contributed by atoms with Crippen molar-refractivity contribution in [1.29, 1.82) is 5.26 Å². The van der Waals surface area contributed by atoms with Gasteiger partial charge in [0.25, 0.3) is 5.91 Å². The maximum atomic E-state index is 13.2. The highest BCUT2D eigenvalue weighted by atomic mass is 19.1. The van der Waals surface area contributed by atoms with E-state index >= 15 is 0 Å². The zero-order valence-electron chi connectivity index (χ0n) is 8.71. The van der Waals surface area contributed by atoms with Gasteiger partial charge in [0.2, 0.25) is 5.91 Å². The molecule has 0 aliphatic carbocycles. The third-order valence-corrected chi connectivity index (χ3v) is 2.40. The lowest BCUT2D eigenvalue weighted by atomic mass is 10.1. The molecule has 6 heteroatoms. The monoisotopic (exact) mass is 233 g/mol. The van der Waals surface area contributed by atoms with Gasteiger partial charge in [-0.3, -0.25) is 9.59 Å². The number of nitriles is 1. The van der Waals surface area contributed by atoms with Crippen molar-refractivity contribution in [3.05, 3.63) is 29.1 Å². The van der Waals surface area contributed by atoms with Gasteiger partial charge in [0.15, 0.2) is 0 Å². The average Bonchev–Trinajstić information content (AvgIpc) is 2.61. The standard InChI is InChI=1S/C11H8FN3O2/c12-6-3-7-8(5-14-11(7)17)9(4-6)15-10(16)1-2-13/h3-4H,1,5H2,(H,14,17)(H,15,16). The Morgan fingerprint density at radius 3 is 3.06 bits per heavy atom. The molecule has 0 radical (unpaired) electrons. The minimum Gasteiger partial charge on any atom is -0.348 e. The lowest BCUT2D eigenvalue weighted by Gasteiger charge is -2.07. The van der Waals surface area contributed by atoms with Gasteiger partial charge in [-0.05, 0) is 12.1 Å². The molecule has 0 atom stereocenters.